The third-order valence-electron chi connectivity index (χ3n) is 5.04. The highest BCUT2D eigenvalue weighted by Gasteiger charge is 2.52. The first-order valence-corrected chi connectivity index (χ1v) is 9.88. The molecular weight excluding hydrogens is 376 g/mol. The van der Waals surface area contributed by atoms with Crippen LogP contribution in [0, 0.1) is 6.92 Å². The summed E-state index contributed by atoms with van der Waals surface area (Å²) in [5.41, 5.74) is 1.16. The van der Waals surface area contributed by atoms with E-state index in [0.29, 0.717) is 5.02 Å². The largest absolute Gasteiger partial charge is 0.492 e. The Morgan fingerprint density at radius 1 is 1.21 bits per heavy atom. The molecule has 1 fully saturated rings. The summed E-state index contributed by atoms with van der Waals surface area (Å²) in [4.78, 5) is 12.1. The van der Waals surface area contributed by atoms with E-state index in [4.69, 9.17) is 25.6 Å². The molecule has 28 heavy (non-hydrogen) atoms. The predicted molar refractivity (Wildman–Crippen MR) is 114 cm³/mol. The van der Waals surface area contributed by atoms with Gasteiger partial charge in [0.2, 0.25) is 0 Å². The quantitative estimate of drug-likeness (QED) is 0.698. The van der Waals surface area contributed by atoms with E-state index in [1.165, 1.54) is 0 Å². The fourth-order valence-corrected chi connectivity index (χ4v) is 2.85. The summed E-state index contributed by atoms with van der Waals surface area (Å²) in [5, 5.41) is 3.49. The molecule has 0 spiro atoms. The fourth-order valence-electron chi connectivity index (χ4n) is 2.67. The maximum atomic E-state index is 12.1. The van der Waals surface area contributed by atoms with Gasteiger partial charge in [-0.15, -0.1) is 0 Å². The molecule has 1 amide bonds. The smallest absolute Gasteiger partial charge is 0.444 e. The minimum absolute atomic E-state index is 0.234. The number of ether oxygens (including phenoxy) is 1. The van der Waals surface area contributed by atoms with Crippen LogP contribution in [0.25, 0.3) is 6.08 Å². The topological polar surface area (TPSA) is 56.8 Å². The lowest BCUT2D eigenvalue weighted by Gasteiger charge is -2.32. The second kappa shape index (κ2) is 8.09. The van der Waals surface area contributed by atoms with Crippen molar-refractivity contribution in [3.05, 3.63) is 39.8 Å². The van der Waals surface area contributed by atoms with Gasteiger partial charge >= 0.3 is 13.2 Å². The third kappa shape index (κ3) is 5.52. The van der Waals surface area contributed by atoms with Gasteiger partial charge in [-0.1, -0.05) is 29.8 Å². The van der Waals surface area contributed by atoms with Crippen LogP contribution in [0.4, 0.5) is 4.79 Å². The molecule has 0 radical (unpaired) electrons. The molecule has 0 saturated carbocycles. The molecule has 1 saturated heterocycles. The van der Waals surface area contributed by atoms with Crippen molar-refractivity contribution in [2.75, 3.05) is 6.54 Å². The van der Waals surface area contributed by atoms with Gasteiger partial charge in [0.1, 0.15) is 5.60 Å². The van der Waals surface area contributed by atoms with E-state index in [9.17, 15) is 4.79 Å². The van der Waals surface area contributed by atoms with Gasteiger partial charge < -0.3 is 19.4 Å². The van der Waals surface area contributed by atoms with E-state index in [1.807, 2.05) is 79.7 Å². The average Bonchev–Trinajstić information content (AvgIpc) is 2.74. The van der Waals surface area contributed by atoms with Crippen molar-refractivity contribution in [1.82, 2.24) is 5.32 Å². The Balaban J connectivity index is 2.30. The zero-order chi connectivity index (χ0) is 21.3. The van der Waals surface area contributed by atoms with Gasteiger partial charge in [-0.05, 0) is 78.1 Å². The molecule has 1 aliphatic rings. The Bertz CT molecular complexity index is 752. The van der Waals surface area contributed by atoms with Crippen LogP contribution in [0.3, 0.4) is 0 Å². The fraction of sp³-hybridized carbons (Fsp3) is 0.571. The number of nitrogens with one attached hydrogen (secondary N) is 1. The van der Waals surface area contributed by atoms with E-state index >= 15 is 0 Å². The van der Waals surface area contributed by atoms with Crippen molar-refractivity contribution in [1.29, 1.82) is 0 Å². The monoisotopic (exact) mass is 407 g/mol. The molecule has 0 unspecified atom stereocenters. The second-order valence-electron chi connectivity index (χ2n) is 9.12. The van der Waals surface area contributed by atoms with Gasteiger partial charge in [-0.2, -0.15) is 0 Å². The van der Waals surface area contributed by atoms with Crippen LogP contribution in [0.5, 0.6) is 0 Å². The first kappa shape index (κ1) is 22.8. The van der Waals surface area contributed by atoms with Crippen LogP contribution in [0.2, 0.25) is 5.02 Å². The predicted octanol–water partition coefficient (Wildman–Crippen LogP) is 5.19. The number of benzene rings is 1. The summed E-state index contributed by atoms with van der Waals surface area (Å²) < 4.78 is 17.7. The number of alkyl carbamates (subject to hydrolysis) is 1. The van der Waals surface area contributed by atoms with Crippen molar-refractivity contribution in [3.63, 3.8) is 0 Å². The molecule has 1 aliphatic heterocycles. The van der Waals surface area contributed by atoms with Crippen molar-refractivity contribution < 1.29 is 18.8 Å². The maximum absolute atomic E-state index is 12.1. The number of amides is 1. The first-order chi connectivity index (χ1) is 12.7. The van der Waals surface area contributed by atoms with Crippen molar-refractivity contribution >= 4 is 30.9 Å². The highest BCUT2D eigenvalue weighted by Crippen LogP contribution is 2.39. The van der Waals surface area contributed by atoms with E-state index in [2.05, 4.69) is 5.32 Å². The molecule has 0 atom stereocenters. The molecule has 0 bridgehead atoms. The molecule has 154 valence electrons. The van der Waals surface area contributed by atoms with Crippen LogP contribution < -0.4 is 5.32 Å². The lowest BCUT2D eigenvalue weighted by atomic mass is 9.76. The number of hydrogen-bond acceptors (Lipinski definition) is 4. The molecule has 2 rings (SSSR count). The van der Waals surface area contributed by atoms with E-state index in [0.717, 1.165) is 16.6 Å². The molecule has 5 nitrogen and oxygen atoms in total. The Hall–Kier alpha value is -1.50. The first-order valence-electron chi connectivity index (χ1n) is 9.50. The standard InChI is InChI=1S/C21H31BClNO4/c1-14-15(10-9-11-17(14)23)12-16(13-24-18(25)26-19(2,3)4)22-27-20(5,6)21(7,8)28-22/h9-12H,13H2,1-8H3,(H,24,25). The number of rotatable bonds is 4. The van der Waals surface area contributed by atoms with Crippen molar-refractivity contribution in [2.45, 2.75) is 72.2 Å². The van der Waals surface area contributed by atoms with Crippen molar-refractivity contribution in [3.8, 4) is 0 Å². The van der Waals surface area contributed by atoms with E-state index < -0.39 is 30.0 Å². The number of carbonyl (C=O) groups excluding carboxylic acids is 1. The Kier molecular flexibility index (Phi) is 6.59. The summed E-state index contributed by atoms with van der Waals surface area (Å²) in [6.07, 6.45) is 1.47. The van der Waals surface area contributed by atoms with E-state index in [-0.39, 0.29) is 6.54 Å². The Labute approximate surface area is 173 Å². The van der Waals surface area contributed by atoms with Crippen LogP contribution >= 0.6 is 11.6 Å². The summed E-state index contributed by atoms with van der Waals surface area (Å²) in [5.74, 6) is 0. The van der Waals surface area contributed by atoms with Crippen LogP contribution in [-0.2, 0) is 14.0 Å². The van der Waals surface area contributed by atoms with Crippen LogP contribution in [-0.4, -0.2) is 36.6 Å². The minimum Gasteiger partial charge on any atom is -0.444 e. The maximum Gasteiger partial charge on any atom is 0.492 e. The SMILES string of the molecule is Cc1c(Cl)cccc1C=C(CNC(=O)OC(C)(C)C)B1OC(C)(C)C(C)(C)O1. The Morgan fingerprint density at radius 2 is 1.79 bits per heavy atom. The summed E-state index contributed by atoms with van der Waals surface area (Å²) >= 11 is 6.27. The minimum atomic E-state index is -0.585. The highest BCUT2D eigenvalue weighted by atomic mass is 35.5. The number of hydrogen-bond donors (Lipinski definition) is 1. The van der Waals surface area contributed by atoms with Gasteiger partial charge in [0.15, 0.2) is 0 Å². The van der Waals surface area contributed by atoms with Crippen LogP contribution in [0.15, 0.2) is 23.7 Å². The molecule has 0 aromatic heterocycles. The van der Waals surface area contributed by atoms with Gasteiger partial charge in [0, 0.05) is 11.6 Å². The molecular formula is C21H31BClNO4. The molecule has 0 aliphatic carbocycles. The number of carbonyl (C=O) groups is 1. The lowest BCUT2D eigenvalue weighted by Crippen LogP contribution is -2.41. The second-order valence-corrected chi connectivity index (χ2v) is 9.52. The normalized spacial score (nSPS) is 18.9. The highest BCUT2D eigenvalue weighted by molar-refractivity contribution is 6.56. The summed E-state index contributed by atoms with van der Waals surface area (Å²) in [6, 6.07) is 5.71. The number of halogens is 1. The van der Waals surface area contributed by atoms with Crippen LogP contribution in [0.1, 0.15) is 59.6 Å². The van der Waals surface area contributed by atoms with Gasteiger partial charge in [0.25, 0.3) is 0 Å². The van der Waals surface area contributed by atoms with Gasteiger partial charge in [-0.25, -0.2) is 4.79 Å². The molecule has 1 N–H and O–H groups in total. The summed E-state index contributed by atoms with van der Waals surface area (Å²) in [7, 11) is -0.585. The lowest BCUT2D eigenvalue weighted by molar-refractivity contribution is 0.00578. The summed E-state index contributed by atoms with van der Waals surface area (Å²) in [6.45, 7) is 15.7. The molecule has 1 heterocycles. The molecule has 1 aromatic rings. The molecule has 1 aromatic carbocycles. The van der Waals surface area contributed by atoms with Crippen molar-refractivity contribution in [2.24, 2.45) is 0 Å². The van der Waals surface area contributed by atoms with Gasteiger partial charge in [-0.3, -0.25) is 0 Å². The average molecular weight is 408 g/mol. The Morgan fingerprint density at radius 3 is 2.32 bits per heavy atom. The molecule has 7 heteroatoms. The zero-order valence-corrected chi connectivity index (χ0v) is 18.9. The van der Waals surface area contributed by atoms with E-state index in [1.54, 1.807) is 0 Å². The zero-order valence-electron chi connectivity index (χ0n) is 18.1. The third-order valence-corrected chi connectivity index (χ3v) is 5.45. The van der Waals surface area contributed by atoms with Gasteiger partial charge in [0.05, 0.1) is 11.2 Å².